The summed E-state index contributed by atoms with van der Waals surface area (Å²) >= 11 is 0. The predicted molar refractivity (Wildman–Crippen MR) is 134 cm³/mol. The molecule has 5 rings (SSSR count). The van der Waals surface area contributed by atoms with E-state index in [0.717, 1.165) is 43.4 Å². The Morgan fingerprint density at radius 2 is 1.68 bits per heavy atom. The highest BCUT2D eigenvalue weighted by atomic mass is 15.2. The lowest BCUT2D eigenvalue weighted by molar-refractivity contribution is 0.724. The van der Waals surface area contributed by atoms with Gasteiger partial charge in [-0.3, -0.25) is 0 Å². The minimum Gasteiger partial charge on any atom is -0.370 e. The molecule has 172 valence electrons. The number of aromatic nitrogens is 5. The molecule has 8 heteroatoms. The van der Waals surface area contributed by atoms with E-state index in [4.69, 9.17) is 0 Å². The second-order valence-electron chi connectivity index (χ2n) is 8.35. The van der Waals surface area contributed by atoms with Gasteiger partial charge in [0.25, 0.3) is 0 Å². The molecular formula is C26H28N8. The lowest BCUT2D eigenvalue weighted by Gasteiger charge is -2.22. The molecule has 8 nitrogen and oxygen atoms in total. The number of pyridine rings is 1. The minimum absolute atomic E-state index is 0.572. The fourth-order valence-corrected chi connectivity index (χ4v) is 4.02. The lowest BCUT2D eigenvalue weighted by atomic mass is 10.1. The van der Waals surface area contributed by atoms with Gasteiger partial charge in [0.2, 0.25) is 0 Å². The predicted octanol–water partition coefficient (Wildman–Crippen LogP) is 3.77. The van der Waals surface area contributed by atoms with E-state index >= 15 is 0 Å². The fourth-order valence-electron chi connectivity index (χ4n) is 4.02. The SMILES string of the molecule is Cc1cccc(-c2nccc(Nc3ccnc(Cc4ccc(N5CCCNCC5)cc4)n3)n2)n1. The van der Waals surface area contributed by atoms with Gasteiger partial charge in [0, 0.05) is 49.8 Å². The van der Waals surface area contributed by atoms with Crippen molar-refractivity contribution < 1.29 is 0 Å². The summed E-state index contributed by atoms with van der Waals surface area (Å²) in [5, 5.41) is 6.72. The molecule has 1 saturated heterocycles. The molecule has 0 spiro atoms. The van der Waals surface area contributed by atoms with Gasteiger partial charge in [-0.1, -0.05) is 18.2 Å². The summed E-state index contributed by atoms with van der Waals surface area (Å²) in [5.41, 5.74) is 4.12. The molecule has 0 aliphatic carbocycles. The van der Waals surface area contributed by atoms with Crippen LogP contribution in [0.25, 0.3) is 11.5 Å². The van der Waals surface area contributed by atoms with E-state index in [2.05, 4.69) is 64.7 Å². The van der Waals surface area contributed by atoms with Crippen LogP contribution < -0.4 is 15.5 Å². The van der Waals surface area contributed by atoms with E-state index in [1.807, 2.05) is 37.3 Å². The Kier molecular flexibility index (Phi) is 6.67. The van der Waals surface area contributed by atoms with Gasteiger partial charge < -0.3 is 15.5 Å². The maximum absolute atomic E-state index is 4.69. The molecule has 4 heterocycles. The van der Waals surface area contributed by atoms with Crippen LogP contribution >= 0.6 is 0 Å². The van der Waals surface area contributed by atoms with E-state index in [0.29, 0.717) is 23.9 Å². The highest BCUT2D eigenvalue weighted by Crippen LogP contribution is 2.19. The molecule has 1 aliphatic rings. The zero-order valence-electron chi connectivity index (χ0n) is 19.3. The van der Waals surface area contributed by atoms with E-state index in [9.17, 15) is 0 Å². The van der Waals surface area contributed by atoms with Crippen LogP contribution in [0.1, 0.15) is 23.5 Å². The Morgan fingerprint density at radius 3 is 2.53 bits per heavy atom. The maximum atomic E-state index is 4.69. The van der Waals surface area contributed by atoms with Gasteiger partial charge in [-0.05, 0) is 61.9 Å². The topological polar surface area (TPSA) is 91.8 Å². The van der Waals surface area contributed by atoms with Crippen LogP contribution in [0.5, 0.6) is 0 Å². The second-order valence-corrected chi connectivity index (χ2v) is 8.35. The molecule has 0 atom stereocenters. The summed E-state index contributed by atoms with van der Waals surface area (Å²) in [4.78, 5) is 25.1. The molecular weight excluding hydrogens is 424 g/mol. The third kappa shape index (κ3) is 5.52. The third-order valence-corrected chi connectivity index (χ3v) is 5.74. The molecule has 1 fully saturated rings. The average Bonchev–Trinajstić information content (AvgIpc) is 3.15. The number of nitrogens with zero attached hydrogens (tertiary/aromatic N) is 6. The first-order valence-corrected chi connectivity index (χ1v) is 11.6. The molecule has 0 amide bonds. The van der Waals surface area contributed by atoms with Crippen LogP contribution in [0.3, 0.4) is 0 Å². The van der Waals surface area contributed by atoms with Crippen molar-refractivity contribution in [1.29, 1.82) is 0 Å². The summed E-state index contributed by atoms with van der Waals surface area (Å²) in [5.74, 6) is 2.68. The number of hydrogen-bond donors (Lipinski definition) is 2. The summed E-state index contributed by atoms with van der Waals surface area (Å²) in [7, 11) is 0. The van der Waals surface area contributed by atoms with Gasteiger partial charge in [-0.25, -0.2) is 24.9 Å². The molecule has 2 N–H and O–H groups in total. The molecule has 34 heavy (non-hydrogen) atoms. The van der Waals surface area contributed by atoms with Gasteiger partial charge in [0.15, 0.2) is 5.82 Å². The summed E-state index contributed by atoms with van der Waals surface area (Å²) in [6.45, 7) is 6.21. The number of benzene rings is 1. The standard InChI is InChI=1S/C26H28N8/c1-19-4-2-5-22(30-19)26-29-14-11-24(33-26)31-23-10-13-28-25(32-23)18-20-6-8-21(9-7-20)34-16-3-12-27-15-17-34/h2,4-11,13-14,27H,3,12,15-18H2,1H3,(H,28,29,31,32,33). The highest BCUT2D eigenvalue weighted by Gasteiger charge is 2.10. The van der Waals surface area contributed by atoms with E-state index in [-0.39, 0.29) is 0 Å². The Bertz CT molecular complexity index is 1230. The van der Waals surface area contributed by atoms with Gasteiger partial charge in [-0.2, -0.15) is 0 Å². The van der Waals surface area contributed by atoms with Crippen LogP contribution in [0.15, 0.2) is 67.0 Å². The van der Waals surface area contributed by atoms with Crippen molar-refractivity contribution in [3.63, 3.8) is 0 Å². The minimum atomic E-state index is 0.572. The quantitative estimate of drug-likeness (QED) is 0.457. The van der Waals surface area contributed by atoms with Crippen LogP contribution in [0.4, 0.5) is 17.3 Å². The Labute approximate surface area is 199 Å². The third-order valence-electron chi connectivity index (χ3n) is 5.74. The number of rotatable bonds is 6. The smallest absolute Gasteiger partial charge is 0.180 e. The second kappa shape index (κ2) is 10.4. The van der Waals surface area contributed by atoms with Crippen LogP contribution in [0.2, 0.25) is 0 Å². The first-order valence-electron chi connectivity index (χ1n) is 11.6. The van der Waals surface area contributed by atoms with Crippen molar-refractivity contribution in [2.45, 2.75) is 19.8 Å². The normalized spacial score (nSPS) is 14.0. The van der Waals surface area contributed by atoms with Crippen LogP contribution in [0, 0.1) is 6.92 Å². The van der Waals surface area contributed by atoms with Crippen LogP contribution in [-0.2, 0) is 6.42 Å². The fraction of sp³-hybridized carbons (Fsp3) is 0.269. The van der Waals surface area contributed by atoms with Crippen molar-refractivity contribution in [2.24, 2.45) is 0 Å². The van der Waals surface area contributed by atoms with Gasteiger partial charge >= 0.3 is 0 Å². The summed E-state index contributed by atoms with van der Waals surface area (Å²) in [6, 6.07) is 18.2. The van der Waals surface area contributed by atoms with E-state index < -0.39 is 0 Å². The van der Waals surface area contributed by atoms with Crippen molar-refractivity contribution in [3.05, 3.63) is 84.1 Å². The molecule has 0 unspecified atom stereocenters. The Hall–Kier alpha value is -3.91. The average molecular weight is 453 g/mol. The van der Waals surface area contributed by atoms with Crippen molar-refractivity contribution >= 4 is 17.3 Å². The Balaban J connectivity index is 1.26. The van der Waals surface area contributed by atoms with E-state index in [1.165, 1.54) is 17.7 Å². The van der Waals surface area contributed by atoms with Crippen molar-refractivity contribution in [2.75, 3.05) is 36.4 Å². The molecule has 1 aromatic carbocycles. The largest absolute Gasteiger partial charge is 0.370 e. The first-order chi connectivity index (χ1) is 16.7. The number of nitrogens with one attached hydrogen (secondary N) is 2. The summed E-state index contributed by atoms with van der Waals surface area (Å²) in [6.07, 6.45) is 5.33. The van der Waals surface area contributed by atoms with Crippen molar-refractivity contribution in [3.8, 4) is 11.5 Å². The molecule has 1 aliphatic heterocycles. The molecule has 0 radical (unpaired) electrons. The van der Waals surface area contributed by atoms with Gasteiger partial charge in [0.05, 0.1) is 0 Å². The monoisotopic (exact) mass is 452 g/mol. The highest BCUT2D eigenvalue weighted by molar-refractivity contribution is 5.56. The molecule has 3 aromatic heterocycles. The number of hydrogen-bond acceptors (Lipinski definition) is 8. The van der Waals surface area contributed by atoms with Gasteiger partial charge in [0.1, 0.15) is 23.2 Å². The zero-order chi connectivity index (χ0) is 23.2. The van der Waals surface area contributed by atoms with Crippen LogP contribution in [-0.4, -0.2) is 51.1 Å². The maximum Gasteiger partial charge on any atom is 0.180 e. The molecule has 0 bridgehead atoms. The Morgan fingerprint density at radius 1 is 0.853 bits per heavy atom. The molecule has 0 saturated carbocycles. The molecule has 4 aromatic rings. The first kappa shape index (κ1) is 21.9. The number of aryl methyl sites for hydroxylation is 1. The van der Waals surface area contributed by atoms with E-state index in [1.54, 1.807) is 12.4 Å². The van der Waals surface area contributed by atoms with Gasteiger partial charge in [-0.15, -0.1) is 0 Å². The number of anilines is 3. The lowest BCUT2D eigenvalue weighted by Crippen LogP contribution is -2.27. The zero-order valence-corrected chi connectivity index (χ0v) is 19.3. The summed E-state index contributed by atoms with van der Waals surface area (Å²) < 4.78 is 0. The van der Waals surface area contributed by atoms with Crippen molar-refractivity contribution in [1.82, 2.24) is 30.2 Å².